The van der Waals surface area contributed by atoms with Crippen molar-refractivity contribution in [1.82, 2.24) is 14.8 Å². The Morgan fingerprint density at radius 1 is 1.47 bits per heavy atom. The molecule has 0 amide bonds. The van der Waals surface area contributed by atoms with Crippen LogP contribution in [0.4, 0.5) is 5.69 Å². The molecule has 0 radical (unpaired) electrons. The molecular formula is C14H16N4S. The largest absolute Gasteiger partial charge is 0.324 e. The van der Waals surface area contributed by atoms with E-state index >= 15 is 0 Å². The van der Waals surface area contributed by atoms with E-state index < -0.39 is 0 Å². The lowest BCUT2D eigenvalue weighted by atomic mass is 10.2. The second-order valence-electron chi connectivity index (χ2n) is 4.35. The van der Waals surface area contributed by atoms with Crippen molar-refractivity contribution in [3.8, 4) is 5.69 Å². The number of aromatic amines is 1. The second kappa shape index (κ2) is 5.67. The summed E-state index contributed by atoms with van der Waals surface area (Å²) >= 11 is 5.17. The number of rotatable bonds is 4. The van der Waals surface area contributed by atoms with Gasteiger partial charge in [0.15, 0.2) is 4.77 Å². The Hall–Kier alpha value is -2.14. The first-order valence-corrected chi connectivity index (χ1v) is 6.31. The molecule has 5 heteroatoms. The van der Waals surface area contributed by atoms with Crippen LogP contribution in [0, 0.1) is 4.77 Å². The van der Waals surface area contributed by atoms with Crippen molar-refractivity contribution in [3.63, 3.8) is 0 Å². The Morgan fingerprint density at radius 3 is 2.84 bits per heavy atom. The third-order valence-electron chi connectivity index (χ3n) is 2.55. The number of nitrogens with zero attached hydrogens (tertiary/aromatic N) is 3. The van der Waals surface area contributed by atoms with Crippen molar-refractivity contribution in [1.29, 1.82) is 0 Å². The maximum absolute atomic E-state index is 5.17. The summed E-state index contributed by atoms with van der Waals surface area (Å²) in [6.07, 6.45) is 5.47. The maximum atomic E-state index is 5.17. The lowest BCUT2D eigenvalue weighted by Gasteiger charge is -2.17. The zero-order valence-electron chi connectivity index (χ0n) is 11.0. The molecule has 1 aromatic carbocycles. The number of allylic oxidation sites excluding steroid dienone is 1. The van der Waals surface area contributed by atoms with Crippen LogP contribution in [0.5, 0.6) is 0 Å². The van der Waals surface area contributed by atoms with Crippen LogP contribution in [0.25, 0.3) is 5.69 Å². The van der Waals surface area contributed by atoms with E-state index in [1.165, 1.54) is 5.57 Å². The first kappa shape index (κ1) is 13.3. The van der Waals surface area contributed by atoms with Crippen LogP contribution in [-0.2, 0) is 0 Å². The minimum atomic E-state index is 0.574. The standard InChI is InChI=1S/C14H16N4S/c1-4-17(9-11(2)3)12-6-5-7-13(8-12)18-10-15-16-14(18)19/h4-10H,1H2,2-3H3,(H,16,19). The summed E-state index contributed by atoms with van der Waals surface area (Å²) < 4.78 is 2.40. The van der Waals surface area contributed by atoms with Crippen LogP contribution in [0.1, 0.15) is 13.8 Å². The fourth-order valence-electron chi connectivity index (χ4n) is 1.75. The molecule has 0 unspecified atom stereocenters. The maximum Gasteiger partial charge on any atom is 0.199 e. The van der Waals surface area contributed by atoms with Gasteiger partial charge in [-0.05, 0) is 44.3 Å². The Morgan fingerprint density at radius 2 is 2.26 bits per heavy atom. The van der Waals surface area contributed by atoms with Gasteiger partial charge in [-0.15, -0.1) is 0 Å². The van der Waals surface area contributed by atoms with E-state index in [4.69, 9.17) is 12.2 Å². The van der Waals surface area contributed by atoms with Crippen molar-refractivity contribution >= 4 is 17.9 Å². The van der Waals surface area contributed by atoms with Gasteiger partial charge in [-0.1, -0.05) is 18.2 Å². The molecule has 0 aliphatic heterocycles. The molecule has 0 atom stereocenters. The molecular weight excluding hydrogens is 256 g/mol. The summed E-state index contributed by atoms with van der Waals surface area (Å²) in [5, 5.41) is 6.67. The fraction of sp³-hybridized carbons (Fsp3) is 0.143. The third-order valence-corrected chi connectivity index (χ3v) is 2.84. The number of anilines is 1. The molecule has 0 spiro atoms. The average molecular weight is 272 g/mol. The smallest absolute Gasteiger partial charge is 0.199 e. The molecule has 98 valence electrons. The zero-order valence-corrected chi connectivity index (χ0v) is 11.8. The van der Waals surface area contributed by atoms with Crippen LogP contribution < -0.4 is 4.90 Å². The molecule has 19 heavy (non-hydrogen) atoms. The minimum Gasteiger partial charge on any atom is -0.324 e. The van der Waals surface area contributed by atoms with Gasteiger partial charge in [-0.2, -0.15) is 5.10 Å². The number of benzene rings is 1. The summed E-state index contributed by atoms with van der Waals surface area (Å²) in [4.78, 5) is 1.97. The van der Waals surface area contributed by atoms with Crippen molar-refractivity contribution < 1.29 is 0 Å². The van der Waals surface area contributed by atoms with Gasteiger partial charge in [0, 0.05) is 18.1 Å². The predicted molar refractivity (Wildman–Crippen MR) is 80.9 cm³/mol. The van der Waals surface area contributed by atoms with E-state index in [0.717, 1.165) is 11.4 Å². The van der Waals surface area contributed by atoms with Gasteiger partial charge in [0.2, 0.25) is 0 Å². The van der Waals surface area contributed by atoms with E-state index in [-0.39, 0.29) is 0 Å². The highest BCUT2D eigenvalue weighted by atomic mass is 32.1. The number of aromatic nitrogens is 3. The molecule has 1 aromatic heterocycles. The fourth-order valence-corrected chi connectivity index (χ4v) is 1.95. The number of hydrogen-bond acceptors (Lipinski definition) is 3. The molecule has 1 heterocycles. The Bertz CT molecular complexity index is 662. The molecule has 0 aliphatic rings. The van der Waals surface area contributed by atoms with E-state index in [9.17, 15) is 0 Å². The van der Waals surface area contributed by atoms with Gasteiger partial charge in [-0.25, -0.2) is 0 Å². The summed E-state index contributed by atoms with van der Waals surface area (Å²) in [7, 11) is 0. The monoisotopic (exact) mass is 272 g/mol. The minimum absolute atomic E-state index is 0.574. The van der Waals surface area contributed by atoms with Gasteiger partial charge in [0.05, 0.1) is 5.69 Å². The summed E-state index contributed by atoms with van der Waals surface area (Å²) in [5.41, 5.74) is 3.19. The van der Waals surface area contributed by atoms with Crippen molar-refractivity contribution in [2.45, 2.75) is 13.8 Å². The lowest BCUT2D eigenvalue weighted by molar-refractivity contribution is 1.03. The normalized spacial score (nSPS) is 10.0. The van der Waals surface area contributed by atoms with E-state index in [1.54, 1.807) is 12.5 Å². The Labute approximate surface area is 117 Å². The second-order valence-corrected chi connectivity index (χ2v) is 4.73. The molecule has 0 saturated heterocycles. The zero-order chi connectivity index (χ0) is 13.8. The molecule has 0 saturated carbocycles. The highest BCUT2D eigenvalue weighted by molar-refractivity contribution is 7.71. The first-order valence-electron chi connectivity index (χ1n) is 5.90. The van der Waals surface area contributed by atoms with Gasteiger partial charge in [0.25, 0.3) is 0 Å². The summed E-state index contributed by atoms with van der Waals surface area (Å²) in [6.45, 7) is 7.93. The van der Waals surface area contributed by atoms with Crippen LogP contribution in [0.15, 0.2) is 55.1 Å². The lowest BCUT2D eigenvalue weighted by Crippen LogP contribution is -2.07. The Kier molecular flexibility index (Phi) is 3.97. The third kappa shape index (κ3) is 3.00. The van der Waals surface area contributed by atoms with Crippen LogP contribution in [-0.4, -0.2) is 14.8 Å². The molecule has 0 fully saturated rings. The average Bonchev–Trinajstić information content (AvgIpc) is 2.82. The van der Waals surface area contributed by atoms with E-state index in [0.29, 0.717) is 4.77 Å². The van der Waals surface area contributed by atoms with Crippen molar-refractivity contribution in [3.05, 3.63) is 59.9 Å². The van der Waals surface area contributed by atoms with Gasteiger partial charge >= 0.3 is 0 Å². The van der Waals surface area contributed by atoms with Crippen LogP contribution in [0.3, 0.4) is 0 Å². The highest BCUT2D eigenvalue weighted by Crippen LogP contribution is 2.20. The molecule has 1 N–H and O–H groups in total. The quantitative estimate of drug-likeness (QED) is 0.860. The van der Waals surface area contributed by atoms with Gasteiger partial charge < -0.3 is 4.90 Å². The van der Waals surface area contributed by atoms with Crippen molar-refractivity contribution in [2.75, 3.05) is 4.90 Å². The van der Waals surface area contributed by atoms with Crippen LogP contribution in [0.2, 0.25) is 0 Å². The predicted octanol–water partition coefficient (Wildman–Crippen LogP) is 3.80. The summed E-state index contributed by atoms with van der Waals surface area (Å²) in [5.74, 6) is 0. The number of hydrogen-bond donors (Lipinski definition) is 1. The number of H-pyrrole nitrogens is 1. The molecule has 4 nitrogen and oxygen atoms in total. The van der Waals surface area contributed by atoms with Gasteiger partial charge in [-0.3, -0.25) is 9.67 Å². The van der Waals surface area contributed by atoms with E-state index in [1.807, 2.05) is 53.8 Å². The highest BCUT2D eigenvalue weighted by Gasteiger charge is 2.03. The Balaban J connectivity index is 2.45. The molecule has 2 aromatic rings. The first-order chi connectivity index (χ1) is 9.11. The van der Waals surface area contributed by atoms with Crippen LogP contribution >= 0.6 is 12.2 Å². The topological polar surface area (TPSA) is 36.9 Å². The van der Waals surface area contributed by atoms with E-state index in [2.05, 4.69) is 16.8 Å². The molecule has 0 aliphatic carbocycles. The van der Waals surface area contributed by atoms with Gasteiger partial charge in [0.1, 0.15) is 6.33 Å². The summed E-state index contributed by atoms with van der Waals surface area (Å²) in [6, 6.07) is 8.02. The number of nitrogens with one attached hydrogen (secondary N) is 1. The van der Waals surface area contributed by atoms with Crippen molar-refractivity contribution in [2.24, 2.45) is 0 Å². The SMILES string of the molecule is C=CN(C=C(C)C)c1cccc(-n2cn[nH]c2=S)c1. The molecule has 0 bridgehead atoms. The molecule has 2 rings (SSSR count).